The number of H-pyrrole nitrogens is 2. The molecule has 0 fully saturated rings. The van der Waals surface area contributed by atoms with Crippen LogP contribution in [0.25, 0.3) is 0 Å². The van der Waals surface area contributed by atoms with E-state index in [4.69, 9.17) is 33.1 Å². The zero-order chi connectivity index (χ0) is 48.2. The molecule has 6 aromatic rings. The number of nitrogens with one attached hydrogen (secondary N) is 4. The second-order valence-electron chi connectivity index (χ2n) is 9.88. The first kappa shape index (κ1) is 69.9. The summed E-state index contributed by atoms with van der Waals surface area (Å²) in [6.45, 7) is 0. The molecule has 350 valence electrons. The van der Waals surface area contributed by atoms with Gasteiger partial charge in [-0.25, -0.2) is 19.9 Å². The average Bonchev–Trinajstić information content (AvgIpc) is 3.26. The number of hydrogen-bond acceptors (Lipinski definition) is 14. The van der Waals surface area contributed by atoms with Crippen molar-refractivity contribution in [1.29, 1.82) is 15.8 Å². The first-order valence-electron chi connectivity index (χ1n) is 16.1. The second kappa shape index (κ2) is 43.6. The molecular weight excluding hydrogens is 1560 g/mol. The van der Waals surface area contributed by atoms with Crippen LogP contribution in [0.4, 0.5) is 29.0 Å². The number of halogens is 9. The van der Waals surface area contributed by atoms with Crippen molar-refractivity contribution in [3.05, 3.63) is 152 Å². The first-order chi connectivity index (χ1) is 29.9. The van der Waals surface area contributed by atoms with E-state index in [1.165, 1.54) is 36.3 Å². The van der Waals surface area contributed by atoms with E-state index in [2.05, 4.69) is 179 Å². The number of nitrogens with zero attached hydrogens (tertiary/aromatic N) is 7. The molecule has 6 N–H and O–H groups in total. The normalized spacial score (nSPS) is 8.77. The fourth-order valence-corrected chi connectivity index (χ4v) is 3.87. The van der Waals surface area contributed by atoms with Gasteiger partial charge in [0, 0.05) is 47.8 Å². The number of nitriles is 3. The Bertz CT molecular complexity index is 2470. The molecule has 3 aromatic carbocycles. The van der Waals surface area contributed by atoms with Crippen LogP contribution in [0, 0.1) is 34.0 Å². The van der Waals surface area contributed by atoms with Gasteiger partial charge in [0.2, 0.25) is 11.9 Å². The van der Waals surface area contributed by atoms with Gasteiger partial charge in [0.05, 0.1) is 34.9 Å². The summed E-state index contributed by atoms with van der Waals surface area (Å²) >= 11 is 32.7. The number of nitrogens with two attached hydrogens (primary N) is 1. The van der Waals surface area contributed by atoms with Crippen molar-refractivity contribution in [2.75, 3.05) is 32.5 Å². The Kier molecular flexibility index (Phi) is 46.9. The van der Waals surface area contributed by atoms with Gasteiger partial charge in [-0.3, -0.25) is 19.1 Å². The van der Waals surface area contributed by atoms with E-state index in [1.807, 2.05) is 34.3 Å². The van der Waals surface area contributed by atoms with E-state index < -0.39 is 5.20 Å². The summed E-state index contributed by atoms with van der Waals surface area (Å²) in [5.74, 6) is 0.800. The molecule has 0 aliphatic rings. The number of nitrogen functional groups attached to an aromatic ring is 1. The number of aromatic amines is 2. The van der Waals surface area contributed by atoms with E-state index in [0.29, 0.717) is 44.6 Å². The van der Waals surface area contributed by atoms with Crippen molar-refractivity contribution in [3.8, 4) is 18.2 Å². The van der Waals surface area contributed by atoms with Gasteiger partial charge in [0.15, 0.2) is 5.16 Å². The summed E-state index contributed by atoms with van der Waals surface area (Å²) < 4.78 is 9.51. The van der Waals surface area contributed by atoms with Gasteiger partial charge in [-0.15, -0.1) is 0 Å². The third kappa shape index (κ3) is 41.1. The summed E-state index contributed by atoms with van der Waals surface area (Å²) in [5.41, 5.74) is 9.14. The maximum absolute atomic E-state index is 11.0. The molecule has 0 spiro atoms. The third-order valence-electron chi connectivity index (χ3n) is 5.72. The molecule has 6 rings (SSSR count). The molecule has 0 bridgehead atoms. The van der Waals surface area contributed by atoms with Gasteiger partial charge >= 0.3 is 70.1 Å². The van der Waals surface area contributed by atoms with Crippen LogP contribution < -0.4 is 27.5 Å². The van der Waals surface area contributed by atoms with Crippen LogP contribution in [0.3, 0.4) is 0 Å². The van der Waals surface area contributed by atoms with Crippen LogP contribution in [-0.4, -0.2) is 46.0 Å². The topological polar surface area (TPSA) is 256 Å². The summed E-state index contributed by atoms with van der Waals surface area (Å²) in [7, 11) is 0. The molecule has 3 heterocycles. The number of aromatic nitrogens is 6. The predicted molar refractivity (Wildman–Crippen MR) is 314 cm³/mol. The Balaban J connectivity index is -0.000000355. The Morgan fingerprint density at radius 1 is 0.662 bits per heavy atom. The van der Waals surface area contributed by atoms with E-state index >= 15 is 0 Å². The number of benzene rings is 3. The van der Waals surface area contributed by atoms with Crippen molar-refractivity contribution in [2.24, 2.45) is 0 Å². The Hall–Kier alpha value is -1.66. The monoisotopic (exact) mass is 1600 g/mol. The molecule has 65 heavy (non-hydrogen) atoms. The Morgan fingerprint density at radius 3 is 1.38 bits per heavy atom. The van der Waals surface area contributed by atoms with Crippen LogP contribution in [0.5, 0.6) is 0 Å². The maximum atomic E-state index is 11.0. The van der Waals surface area contributed by atoms with Gasteiger partial charge in [-0.1, -0.05) is 83.4 Å². The predicted octanol–water partition coefficient (Wildman–Crippen LogP) is 14.6. The molecule has 0 saturated carbocycles. The van der Waals surface area contributed by atoms with Crippen LogP contribution in [0.1, 0.15) is 31.5 Å². The molecule has 0 atom stereocenters. The van der Waals surface area contributed by atoms with E-state index in [9.17, 15) is 14.2 Å². The van der Waals surface area contributed by atoms with E-state index in [1.54, 1.807) is 85.1 Å². The van der Waals surface area contributed by atoms with Crippen molar-refractivity contribution < 1.29 is 9.49 Å². The SMILES string of the molecule is C.C.CI.CI.CSc1nccc(=O)[nH]1.N#Cc1ccc(N)cc1.N#Cc1ccc(Nc2nccc(=O)[nH]2)cc1.N#Cc1ccc(Nc2nccc(Cl)n2)cc1.O=P(Cl)(Cl)Cl.[I][V]([I])[I]. The number of thioether (sulfide) groups is 1. The molecule has 15 nitrogen and oxygen atoms in total. The fourth-order valence-electron chi connectivity index (χ4n) is 3.37. The van der Waals surface area contributed by atoms with Crippen LogP contribution in [0.2, 0.25) is 5.15 Å². The standard InChI is InChI=1S/C11H7ClN4.C11H8N4O.C7H6N2.C5H6N2OS.2CH3I.2CH4.Cl3OP.3HI.V/c12-10-5-6-14-11(16-10)15-9-3-1-8(7-13)2-4-9;12-7-8-1-3-9(4-2-8)14-11-13-6-5-10(16)15-11;8-5-6-1-3-7(9)4-2-6;1-9-5-6-3-2-4(8)7-5;2*1-2;;;1-5(2,3)4;;;;/h1-6H,(H,14,15,16);1-6H,(H2,13,14,15,16);1-4H,9H2;2-3H,1H3,(H,6,7,8);2*1H3;2*1H4;;3*1H;/q;;;;;;;;;;;;+3/p-3. The minimum absolute atomic E-state index is 0. The molecule has 0 unspecified atom stereocenters. The zero-order valence-corrected chi connectivity index (χ0v) is 49.4. The summed E-state index contributed by atoms with van der Waals surface area (Å²) in [6, 6.07) is 31.0. The fraction of sp³-hybridized carbons (Fsp3) is 0.132. The van der Waals surface area contributed by atoms with Crippen molar-refractivity contribution in [1.82, 2.24) is 29.9 Å². The van der Waals surface area contributed by atoms with E-state index in [0.717, 1.165) is 11.4 Å². The molecule has 0 aliphatic heterocycles. The van der Waals surface area contributed by atoms with E-state index in [-0.39, 0.29) is 30.9 Å². The minimum atomic E-state index is -3.22. The molecule has 0 radical (unpaired) electrons. The number of anilines is 5. The summed E-state index contributed by atoms with van der Waals surface area (Å²) in [5, 5.41) is 29.3. The molecule has 0 aliphatic carbocycles. The average molecular weight is 1600 g/mol. The Labute approximate surface area is 467 Å². The second-order valence-corrected chi connectivity index (χ2v) is 53.1. The number of rotatable bonds is 5. The number of alkyl halides is 2. The van der Waals surface area contributed by atoms with Crippen LogP contribution in [-0.2, 0) is 9.49 Å². The number of hydrogen-bond donors (Lipinski definition) is 5. The Morgan fingerprint density at radius 2 is 1.03 bits per heavy atom. The quantitative estimate of drug-likeness (QED) is 0.0205. The van der Waals surface area contributed by atoms with Crippen LogP contribution in [0.15, 0.2) is 124 Å². The van der Waals surface area contributed by atoms with Gasteiger partial charge < -0.3 is 21.4 Å². The van der Waals surface area contributed by atoms with Gasteiger partial charge in [-0.2, -0.15) is 15.8 Å². The summed E-state index contributed by atoms with van der Waals surface area (Å²) in [6.07, 6.45) is 6.34. The van der Waals surface area contributed by atoms with Crippen molar-refractivity contribution >= 4 is 196 Å². The molecule has 0 saturated heterocycles. The first-order valence-corrected chi connectivity index (χ1v) is 40.0. The van der Waals surface area contributed by atoms with Gasteiger partial charge in [0.25, 0.3) is 11.1 Å². The zero-order valence-electron chi connectivity index (χ0n) is 32.5. The van der Waals surface area contributed by atoms with Gasteiger partial charge in [-0.05, 0) is 129 Å². The molecule has 27 heteroatoms. The molecule has 3 aromatic heterocycles. The van der Waals surface area contributed by atoms with Gasteiger partial charge in [0.1, 0.15) is 5.15 Å². The third-order valence-corrected chi connectivity index (χ3v) is 6.53. The molecule has 0 amide bonds. The van der Waals surface area contributed by atoms with Crippen molar-refractivity contribution in [2.45, 2.75) is 20.0 Å². The molecular formula is C38H41Cl4I5N12O3PSV. The van der Waals surface area contributed by atoms with Crippen molar-refractivity contribution in [3.63, 3.8) is 0 Å². The summed E-state index contributed by atoms with van der Waals surface area (Å²) in [4.78, 5) is 46.1. The van der Waals surface area contributed by atoms with Crippen LogP contribution >= 0.6 is 167 Å².